The van der Waals surface area contributed by atoms with Crippen LogP contribution in [0, 0.1) is 0 Å². The molecular formula is C22H18N2O4. The van der Waals surface area contributed by atoms with E-state index in [2.05, 4.69) is 10.5 Å². The van der Waals surface area contributed by atoms with Crippen LogP contribution in [-0.4, -0.2) is 24.2 Å². The fraction of sp³-hybridized carbons (Fsp3) is 0.0909. The van der Waals surface area contributed by atoms with Crippen LogP contribution in [0.2, 0.25) is 0 Å². The first-order chi connectivity index (χ1) is 13.8. The Labute approximate surface area is 161 Å². The maximum Gasteiger partial charge on any atom is 0.273 e. The van der Waals surface area contributed by atoms with Crippen molar-refractivity contribution in [3.63, 3.8) is 0 Å². The lowest BCUT2D eigenvalue weighted by Gasteiger charge is -2.12. The number of furan rings is 1. The van der Waals surface area contributed by atoms with Gasteiger partial charge < -0.3 is 19.0 Å². The van der Waals surface area contributed by atoms with Crippen molar-refractivity contribution in [2.75, 3.05) is 13.2 Å². The predicted molar refractivity (Wildman–Crippen MR) is 104 cm³/mol. The van der Waals surface area contributed by atoms with Crippen molar-refractivity contribution < 1.29 is 18.5 Å². The van der Waals surface area contributed by atoms with Crippen LogP contribution in [0.5, 0.6) is 5.75 Å². The molecule has 0 aliphatic carbocycles. The Kier molecular flexibility index (Phi) is 5.20. The van der Waals surface area contributed by atoms with Gasteiger partial charge in [0.1, 0.15) is 12.4 Å². The molecule has 6 nitrogen and oxygen atoms in total. The zero-order valence-corrected chi connectivity index (χ0v) is 15.0. The second kappa shape index (κ2) is 8.26. The summed E-state index contributed by atoms with van der Waals surface area (Å²) >= 11 is 0. The van der Waals surface area contributed by atoms with Crippen LogP contribution in [0.3, 0.4) is 0 Å². The molecule has 0 saturated heterocycles. The highest BCUT2D eigenvalue weighted by atomic mass is 16.5. The molecule has 0 saturated carbocycles. The summed E-state index contributed by atoms with van der Waals surface area (Å²) in [5.41, 5.74) is 2.28. The van der Waals surface area contributed by atoms with Crippen LogP contribution in [0.4, 0.5) is 0 Å². The summed E-state index contributed by atoms with van der Waals surface area (Å²) in [7, 11) is 0. The van der Waals surface area contributed by atoms with Crippen molar-refractivity contribution in [3.05, 3.63) is 84.8 Å². The molecule has 1 N–H and O–H groups in total. The van der Waals surface area contributed by atoms with Gasteiger partial charge in [0.25, 0.3) is 5.91 Å². The van der Waals surface area contributed by atoms with Gasteiger partial charge in [-0.25, -0.2) is 0 Å². The topological polar surface area (TPSA) is 77.5 Å². The normalized spacial score (nSPS) is 10.6. The summed E-state index contributed by atoms with van der Waals surface area (Å²) in [5.74, 6) is 1.36. The summed E-state index contributed by atoms with van der Waals surface area (Å²) < 4.78 is 16.2. The molecule has 2 aromatic carbocycles. The Hall–Kier alpha value is -3.80. The second-order valence-electron chi connectivity index (χ2n) is 6.02. The quantitative estimate of drug-likeness (QED) is 0.485. The average molecular weight is 374 g/mol. The van der Waals surface area contributed by atoms with E-state index in [1.54, 1.807) is 18.2 Å². The van der Waals surface area contributed by atoms with E-state index in [0.29, 0.717) is 24.7 Å². The molecule has 0 spiro atoms. The number of para-hydroxylation sites is 1. The molecule has 2 aromatic heterocycles. The fourth-order valence-electron chi connectivity index (χ4n) is 2.78. The maximum absolute atomic E-state index is 12.2. The van der Waals surface area contributed by atoms with Crippen LogP contribution in [0.25, 0.3) is 22.6 Å². The summed E-state index contributed by atoms with van der Waals surface area (Å²) in [6.07, 6.45) is 1.53. The van der Waals surface area contributed by atoms with Crippen LogP contribution < -0.4 is 10.1 Å². The van der Waals surface area contributed by atoms with Crippen molar-refractivity contribution >= 4 is 5.91 Å². The van der Waals surface area contributed by atoms with Crippen molar-refractivity contribution in [1.82, 2.24) is 10.5 Å². The van der Waals surface area contributed by atoms with Crippen LogP contribution in [-0.2, 0) is 0 Å². The lowest BCUT2D eigenvalue weighted by atomic mass is 10.1. The molecule has 2 heterocycles. The summed E-state index contributed by atoms with van der Waals surface area (Å²) in [5, 5.41) is 6.54. The zero-order chi connectivity index (χ0) is 19.2. The van der Waals surface area contributed by atoms with E-state index >= 15 is 0 Å². The van der Waals surface area contributed by atoms with Gasteiger partial charge in [-0.05, 0) is 23.8 Å². The molecule has 0 fully saturated rings. The van der Waals surface area contributed by atoms with E-state index in [0.717, 1.165) is 16.9 Å². The first-order valence-electron chi connectivity index (χ1n) is 8.87. The highest BCUT2D eigenvalue weighted by molar-refractivity contribution is 5.92. The van der Waals surface area contributed by atoms with Gasteiger partial charge in [0.15, 0.2) is 11.5 Å². The molecule has 0 atom stereocenters. The van der Waals surface area contributed by atoms with Crippen molar-refractivity contribution in [1.29, 1.82) is 0 Å². The minimum Gasteiger partial charge on any atom is -0.491 e. The number of benzene rings is 2. The van der Waals surface area contributed by atoms with Gasteiger partial charge in [-0.2, -0.15) is 0 Å². The molecule has 4 aromatic rings. The van der Waals surface area contributed by atoms with E-state index in [9.17, 15) is 4.79 Å². The Morgan fingerprint density at radius 3 is 2.61 bits per heavy atom. The van der Waals surface area contributed by atoms with Crippen molar-refractivity contribution in [2.45, 2.75) is 0 Å². The third-order valence-electron chi connectivity index (χ3n) is 4.12. The van der Waals surface area contributed by atoms with Gasteiger partial charge in [-0.3, -0.25) is 4.79 Å². The van der Waals surface area contributed by atoms with Crippen LogP contribution in [0.1, 0.15) is 10.5 Å². The minimum absolute atomic E-state index is 0.191. The second-order valence-corrected chi connectivity index (χ2v) is 6.02. The molecule has 0 unspecified atom stereocenters. The molecule has 28 heavy (non-hydrogen) atoms. The highest BCUT2D eigenvalue weighted by Crippen LogP contribution is 2.29. The first kappa shape index (κ1) is 17.6. The molecule has 0 aliphatic heterocycles. The average Bonchev–Trinajstić information content (AvgIpc) is 3.44. The van der Waals surface area contributed by atoms with Gasteiger partial charge in [-0.15, -0.1) is 0 Å². The van der Waals surface area contributed by atoms with E-state index in [1.165, 1.54) is 6.26 Å². The summed E-state index contributed by atoms with van der Waals surface area (Å²) in [6, 6.07) is 22.8. The number of aromatic nitrogens is 1. The van der Waals surface area contributed by atoms with Gasteiger partial charge in [0.2, 0.25) is 5.76 Å². The molecule has 140 valence electrons. The predicted octanol–water partition coefficient (Wildman–Crippen LogP) is 4.41. The third-order valence-corrected chi connectivity index (χ3v) is 4.12. The fourth-order valence-corrected chi connectivity index (χ4v) is 2.78. The number of carbonyl (C=O) groups excluding carboxylic acids is 1. The Bertz CT molecular complexity index is 1040. The Balaban J connectivity index is 1.32. The lowest BCUT2D eigenvalue weighted by molar-refractivity contribution is 0.0938. The number of hydrogen-bond donors (Lipinski definition) is 1. The van der Waals surface area contributed by atoms with E-state index in [4.69, 9.17) is 13.7 Å². The number of nitrogens with one attached hydrogen (secondary N) is 1. The Morgan fingerprint density at radius 2 is 1.79 bits per heavy atom. The summed E-state index contributed by atoms with van der Waals surface area (Å²) in [4.78, 5) is 12.2. The molecule has 6 heteroatoms. The molecular weight excluding hydrogens is 356 g/mol. The van der Waals surface area contributed by atoms with Crippen molar-refractivity contribution in [2.24, 2.45) is 0 Å². The van der Waals surface area contributed by atoms with E-state index in [-0.39, 0.29) is 11.6 Å². The first-order valence-corrected chi connectivity index (χ1v) is 8.87. The maximum atomic E-state index is 12.2. The van der Waals surface area contributed by atoms with Gasteiger partial charge >= 0.3 is 0 Å². The number of rotatable bonds is 7. The number of ether oxygens (including phenoxy) is 1. The monoisotopic (exact) mass is 374 g/mol. The SMILES string of the molecule is O=C(NCCOc1ccccc1-c1ccccc1)c1cc(-c2ccco2)on1. The number of hydrogen-bond acceptors (Lipinski definition) is 5. The smallest absolute Gasteiger partial charge is 0.273 e. The zero-order valence-electron chi connectivity index (χ0n) is 15.0. The van der Waals surface area contributed by atoms with E-state index in [1.807, 2.05) is 54.6 Å². The molecule has 1 amide bonds. The largest absolute Gasteiger partial charge is 0.491 e. The van der Waals surface area contributed by atoms with Crippen LogP contribution in [0.15, 0.2) is 88.0 Å². The van der Waals surface area contributed by atoms with Crippen molar-refractivity contribution in [3.8, 4) is 28.4 Å². The third kappa shape index (κ3) is 3.96. The molecule has 0 bridgehead atoms. The lowest BCUT2D eigenvalue weighted by Crippen LogP contribution is -2.28. The number of nitrogens with zero attached hydrogens (tertiary/aromatic N) is 1. The van der Waals surface area contributed by atoms with Crippen LogP contribution >= 0.6 is 0 Å². The van der Waals surface area contributed by atoms with Gasteiger partial charge in [0.05, 0.1) is 12.8 Å². The van der Waals surface area contributed by atoms with Gasteiger partial charge in [-0.1, -0.05) is 53.7 Å². The highest BCUT2D eigenvalue weighted by Gasteiger charge is 2.14. The molecule has 0 aliphatic rings. The van der Waals surface area contributed by atoms with E-state index < -0.39 is 0 Å². The Morgan fingerprint density at radius 1 is 0.964 bits per heavy atom. The summed E-state index contributed by atoms with van der Waals surface area (Å²) in [6.45, 7) is 0.670. The number of carbonyl (C=O) groups is 1. The number of amides is 1. The standard InChI is InChI=1S/C22H18N2O4/c25-22(18-15-21(28-24-18)20-11-6-13-26-20)23-12-14-27-19-10-5-4-9-17(19)16-7-2-1-3-8-16/h1-11,13,15H,12,14H2,(H,23,25). The molecule has 4 rings (SSSR count). The van der Waals surface area contributed by atoms with Gasteiger partial charge in [0, 0.05) is 11.6 Å². The minimum atomic E-state index is -0.332. The molecule has 0 radical (unpaired) electrons.